The van der Waals surface area contributed by atoms with Gasteiger partial charge in [0, 0.05) is 6.42 Å². The summed E-state index contributed by atoms with van der Waals surface area (Å²) in [6.07, 6.45) is -1.00. The Hall–Kier alpha value is -0.470. The third kappa shape index (κ3) is 2.90. The molecule has 10 heavy (non-hydrogen) atoms. The molecule has 60 valence electrons. The summed E-state index contributed by atoms with van der Waals surface area (Å²) in [5.41, 5.74) is 0. The molecule has 3 heteroatoms. The van der Waals surface area contributed by atoms with E-state index < -0.39 is 18.5 Å². The molecule has 0 saturated carbocycles. The fourth-order valence-corrected chi connectivity index (χ4v) is 0.493. The van der Waals surface area contributed by atoms with Crippen LogP contribution < -0.4 is 0 Å². The third-order valence-corrected chi connectivity index (χ3v) is 1.26. The van der Waals surface area contributed by atoms with E-state index in [9.17, 15) is 13.2 Å². The first-order chi connectivity index (χ1) is 4.50. The first-order valence-corrected chi connectivity index (χ1v) is 3.13. The molecule has 0 radical (unpaired) electrons. The van der Waals surface area contributed by atoms with Gasteiger partial charge in [-0.1, -0.05) is 6.08 Å². The van der Waals surface area contributed by atoms with Crippen LogP contribution in [0.25, 0.3) is 0 Å². The van der Waals surface area contributed by atoms with Crippen molar-refractivity contribution in [1.29, 1.82) is 0 Å². The average Bonchev–Trinajstić information content (AvgIpc) is 1.84. The lowest BCUT2D eigenvalue weighted by atomic mass is 10.1. The maximum Gasteiger partial charge on any atom is 0.278 e. The number of hydrogen-bond acceptors (Lipinski definition) is 0. The number of halogens is 3. The molecule has 0 aromatic rings. The van der Waals surface area contributed by atoms with E-state index in [1.807, 2.05) is 0 Å². The SMILES string of the molecule is C=CCCC(F)(F)C(C)F. The van der Waals surface area contributed by atoms with E-state index in [2.05, 4.69) is 6.58 Å². The number of allylic oxidation sites excluding steroid dienone is 1. The molecule has 0 heterocycles. The summed E-state index contributed by atoms with van der Waals surface area (Å²) in [4.78, 5) is 0. The van der Waals surface area contributed by atoms with Crippen LogP contribution in [-0.4, -0.2) is 12.1 Å². The van der Waals surface area contributed by atoms with Gasteiger partial charge in [0.15, 0.2) is 6.17 Å². The van der Waals surface area contributed by atoms with E-state index in [4.69, 9.17) is 0 Å². The maximum absolute atomic E-state index is 12.3. The van der Waals surface area contributed by atoms with Crippen molar-refractivity contribution in [3.8, 4) is 0 Å². The lowest BCUT2D eigenvalue weighted by molar-refractivity contribution is -0.0702. The van der Waals surface area contributed by atoms with Gasteiger partial charge in [0.1, 0.15) is 0 Å². The van der Waals surface area contributed by atoms with Gasteiger partial charge in [-0.2, -0.15) is 0 Å². The fraction of sp³-hybridized carbons (Fsp3) is 0.714. The molecule has 0 fully saturated rings. The average molecular weight is 152 g/mol. The summed E-state index contributed by atoms with van der Waals surface area (Å²) in [6, 6.07) is 0. The van der Waals surface area contributed by atoms with Crippen molar-refractivity contribution in [3.05, 3.63) is 12.7 Å². The van der Waals surface area contributed by atoms with Crippen molar-refractivity contribution in [2.24, 2.45) is 0 Å². The predicted octanol–water partition coefficient (Wildman–Crippen LogP) is 2.95. The van der Waals surface area contributed by atoms with Crippen molar-refractivity contribution < 1.29 is 13.2 Å². The largest absolute Gasteiger partial charge is 0.278 e. The van der Waals surface area contributed by atoms with Crippen molar-refractivity contribution in [3.63, 3.8) is 0 Å². The Morgan fingerprint density at radius 1 is 1.60 bits per heavy atom. The normalized spacial score (nSPS) is 14.8. The minimum atomic E-state index is -3.19. The van der Waals surface area contributed by atoms with Crippen LogP contribution >= 0.6 is 0 Å². The molecular weight excluding hydrogens is 141 g/mol. The van der Waals surface area contributed by atoms with Crippen LogP contribution in [-0.2, 0) is 0 Å². The standard InChI is InChI=1S/C7H11F3/c1-3-4-5-7(9,10)6(2)8/h3,6H,1,4-5H2,2H3. The van der Waals surface area contributed by atoms with Gasteiger partial charge in [-0.15, -0.1) is 6.58 Å². The highest BCUT2D eigenvalue weighted by Crippen LogP contribution is 2.26. The maximum atomic E-state index is 12.3. The Labute approximate surface area is 58.7 Å². The summed E-state index contributed by atoms with van der Waals surface area (Å²) >= 11 is 0. The van der Waals surface area contributed by atoms with Crippen molar-refractivity contribution in [2.45, 2.75) is 31.9 Å². The molecule has 0 amide bonds. The van der Waals surface area contributed by atoms with Gasteiger partial charge in [0.25, 0.3) is 5.92 Å². The molecule has 0 aliphatic rings. The molecule has 0 aliphatic carbocycles. The zero-order chi connectivity index (χ0) is 8.20. The monoisotopic (exact) mass is 152 g/mol. The number of hydrogen-bond donors (Lipinski definition) is 0. The van der Waals surface area contributed by atoms with Crippen LogP contribution in [0.5, 0.6) is 0 Å². The second kappa shape index (κ2) is 3.64. The van der Waals surface area contributed by atoms with Gasteiger partial charge in [0.05, 0.1) is 0 Å². The topological polar surface area (TPSA) is 0 Å². The molecule has 1 atom stereocenters. The first-order valence-electron chi connectivity index (χ1n) is 3.13. The van der Waals surface area contributed by atoms with E-state index in [1.54, 1.807) is 0 Å². The number of rotatable bonds is 4. The molecule has 0 rings (SSSR count). The second-order valence-electron chi connectivity index (χ2n) is 2.20. The molecule has 0 aliphatic heterocycles. The Balaban J connectivity index is 3.74. The Morgan fingerprint density at radius 3 is 2.40 bits per heavy atom. The third-order valence-electron chi connectivity index (χ3n) is 1.26. The fourth-order valence-electron chi connectivity index (χ4n) is 0.493. The van der Waals surface area contributed by atoms with Gasteiger partial charge in [-0.05, 0) is 13.3 Å². The Kier molecular flexibility index (Phi) is 3.47. The highest BCUT2D eigenvalue weighted by Gasteiger charge is 2.35. The smallest absolute Gasteiger partial charge is 0.241 e. The molecule has 0 saturated heterocycles. The highest BCUT2D eigenvalue weighted by atomic mass is 19.3. The van der Waals surface area contributed by atoms with Crippen LogP contribution in [0.15, 0.2) is 12.7 Å². The summed E-state index contributed by atoms with van der Waals surface area (Å²) < 4.78 is 36.6. The van der Waals surface area contributed by atoms with Crippen LogP contribution in [0.2, 0.25) is 0 Å². The van der Waals surface area contributed by atoms with Gasteiger partial charge in [-0.25, -0.2) is 13.2 Å². The molecule has 0 spiro atoms. The van der Waals surface area contributed by atoms with E-state index in [0.717, 1.165) is 6.92 Å². The quantitative estimate of drug-likeness (QED) is 0.543. The van der Waals surface area contributed by atoms with Crippen LogP contribution in [0, 0.1) is 0 Å². The molecule has 0 aromatic carbocycles. The minimum Gasteiger partial charge on any atom is -0.241 e. The first kappa shape index (κ1) is 9.53. The molecule has 0 nitrogen and oxygen atoms in total. The summed E-state index contributed by atoms with van der Waals surface area (Å²) in [7, 11) is 0. The minimum absolute atomic E-state index is 0.154. The van der Waals surface area contributed by atoms with E-state index in [0.29, 0.717) is 0 Å². The summed E-state index contributed by atoms with van der Waals surface area (Å²) in [5.74, 6) is -3.19. The molecule has 0 bridgehead atoms. The Bertz CT molecular complexity index is 107. The lowest BCUT2D eigenvalue weighted by Gasteiger charge is -2.15. The predicted molar refractivity (Wildman–Crippen MR) is 34.9 cm³/mol. The van der Waals surface area contributed by atoms with Crippen molar-refractivity contribution >= 4 is 0 Å². The van der Waals surface area contributed by atoms with E-state index >= 15 is 0 Å². The molecule has 1 unspecified atom stereocenters. The van der Waals surface area contributed by atoms with Crippen molar-refractivity contribution in [1.82, 2.24) is 0 Å². The van der Waals surface area contributed by atoms with Crippen LogP contribution in [0.4, 0.5) is 13.2 Å². The molecular formula is C7H11F3. The van der Waals surface area contributed by atoms with E-state index in [1.165, 1.54) is 6.08 Å². The van der Waals surface area contributed by atoms with Gasteiger partial charge in [-0.3, -0.25) is 0 Å². The van der Waals surface area contributed by atoms with Crippen LogP contribution in [0.1, 0.15) is 19.8 Å². The van der Waals surface area contributed by atoms with Crippen molar-refractivity contribution in [2.75, 3.05) is 0 Å². The molecule has 0 aromatic heterocycles. The van der Waals surface area contributed by atoms with Gasteiger partial charge >= 0.3 is 0 Å². The summed E-state index contributed by atoms with van der Waals surface area (Å²) in [6.45, 7) is 4.13. The Morgan fingerprint density at radius 2 is 2.10 bits per heavy atom. The zero-order valence-electron chi connectivity index (χ0n) is 5.91. The highest BCUT2D eigenvalue weighted by molar-refractivity contribution is 4.77. The summed E-state index contributed by atoms with van der Waals surface area (Å²) in [5, 5.41) is 0. The second-order valence-corrected chi connectivity index (χ2v) is 2.20. The van der Waals surface area contributed by atoms with E-state index in [-0.39, 0.29) is 6.42 Å². The van der Waals surface area contributed by atoms with Crippen LogP contribution in [0.3, 0.4) is 0 Å². The number of alkyl halides is 3. The van der Waals surface area contributed by atoms with Gasteiger partial charge in [0.2, 0.25) is 0 Å². The zero-order valence-corrected chi connectivity index (χ0v) is 5.91. The van der Waals surface area contributed by atoms with Gasteiger partial charge < -0.3 is 0 Å². The molecule has 0 N–H and O–H groups in total. The lowest BCUT2D eigenvalue weighted by Crippen LogP contribution is -2.26.